The lowest BCUT2D eigenvalue weighted by molar-refractivity contribution is -0.153. The van der Waals surface area contributed by atoms with Gasteiger partial charge < -0.3 is 14.8 Å². The van der Waals surface area contributed by atoms with E-state index < -0.39 is 34.2 Å². The van der Waals surface area contributed by atoms with E-state index in [0.29, 0.717) is 24.9 Å². The van der Waals surface area contributed by atoms with Crippen molar-refractivity contribution in [2.45, 2.75) is 24.9 Å². The van der Waals surface area contributed by atoms with Crippen LogP contribution in [0.15, 0.2) is 42.6 Å². The number of ether oxygens (including phenoxy) is 2. The molecule has 2 atom stereocenters. The van der Waals surface area contributed by atoms with Crippen LogP contribution >= 0.6 is 0 Å². The number of nitrogens with one attached hydrogen (secondary N) is 2. The van der Waals surface area contributed by atoms with Crippen molar-refractivity contribution in [2.75, 3.05) is 26.5 Å². The first kappa shape index (κ1) is 25.0. The zero-order valence-corrected chi connectivity index (χ0v) is 17.6. The number of alkyl halides is 3. The maximum Gasteiger partial charge on any atom is 0.408 e. The fraction of sp³-hybridized carbons (Fsp3) is 0.421. The zero-order chi connectivity index (χ0) is 23.1. The Labute approximate surface area is 177 Å². The zero-order valence-electron chi connectivity index (χ0n) is 16.8. The van der Waals surface area contributed by atoms with Gasteiger partial charge in [-0.15, -0.1) is 0 Å². The molecule has 0 bridgehead atoms. The van der Waals surface area contributed by atoms with E-state index in [-0.39, 0.29) is 18.1 Å². The number of nitrogens with zero attached hydrogens (tertiary/aromatic N) is 1. The summed E-state index contributed by atoms with van der Waals surface area (Å²) < 4.78 is 87.4. The number of halogens is 4. The Hall–Kier alpha value is -2.28. The van der Waals surface area contributed by atoms with E-state index in [2.05, 4.69) is 10.3 Å². The molecular weight excluding hydrogens is 442 g/mol. The summed E-state index contributed by atoms with van der Waals surface area (Å²) in [5.74, 6) is -0.261. The normalized spacial score (nSPS) is 14.3. The van der Waals surface area contributed by atoms with Crippen LogP contribution in [-0.4, -0.2) is 52.2 Å². The minimum absolute atomic E-state index is 0.218. The lowest BCUT2D eigenvalue weighted by Gasteiger charge is -2.21. The summed E-state index contributed by atoms with van der Waals surface area (Å²) in [6.45, 7) is 0.877. The first-order valence-corrected chi connectivity index (χ1v) is 11.0. The van der Waals surface area contributed by atoms with E-state index in [1.807, 2.05) is 0 Å². The number of methoxy groups -OCH3 is 1. The monoisotopic (exact) mass is 465 g/mol. The molecule has 12 heteroatoms. The summed E-state index contributed by atoms with van der Waals surface area (Å²) in [6, 6.07) is 5.66. The molecule has 1 aromatic heterocycles. The van der Waals surface area contributed by atoms with Gasteiger partial charge in [-0.25, -0.2) is 17.8 Å². The van der Waals surface area contributed by atoms with Crippen molar-refractivity contribution < 1.29 is 35.5 Å². The van der Waals surface area contributed by atoms with E-state index in [0.717, 1.165) is 6.20 Å². The molecule has 0 aliphatic rings. The minimum Gasteiger partial charge on any atom is -0.471 e. The summed E-state index contributed by atoms with van der Waals surface area (Å²) in [6.07, 6.45) is -3.51. The number of pyridine rings is 1. The van der Waals surface area contributed by atoms with Crippen molar-refractivity contribution in [3.63, 3.8) is 0 Å². The molecule has 0 saturated heterocycles. The van der Waals surface area contributed by atoms with E-state index >= 15 is 0 Å². The van der Waals surface area contributed by atoms with E-state index in [1.54, 1.807) is 4.72 Å². The number of sulfonamides is 1. The Balaban J connectivity index is 1.96. The Kier molecular flexibility index (Phi) is 8.74. The quantitative estimate of drug-likeness (QED) is 0.496. The summed E-state index contributed by atoms with van der Waals surface area (Å²) in [4.78, 5) is 3.82. The van der Waals surface area contributed by atoms with Crippen molar-refractivity contribution in [2.24, 2.45) is 0 Å². The van der Waals surface area contributed by atoms with Crippen molar-refractivity contribution in [1.29, 1.82) is 0 Å². The molecule has 0 radical (unpaired) electrons. The van der Waals surface area contributed by atoms with Gasteiger partial charge in [0, 0.05) is 26.3 Å². The van der Waals surface area contributed by atoms with Crippen LogP contribution in [0.1, 0.15) is 17.2 Å². The van der Waals surface area contributed by atoms with Crippen LogP contribution in [0.3, 0.4) is 0 Å². The Morgan fingerprint density at radius 1 is 1.13 bits per heavy atom. The lowest BCUT2D eigenvalue weighted by Crippen LogP contribution is -2.37. The Morgan fingerprint density at radius 2 is 1.81 bits per heavy atom. The lowest BCUT2D eigenvalue weighted by atomic mass is 10.1. The fourth-order valence-corrected chi connectivity index (χ4v) is 3.36. The third-order valence-electron chi connectivity index (χ3n) is 4.01. The topological polar surface area (TPSA) is 89.6 Å². The number of hydrogen-bond acceptors (Lipinski definition) is 6. The minimum atomic E-state index is -4.78. The standard InChI is InChI=1S/C19H23F4N3O4S/c1-29-12-16(30-17-8-7-15(20)10-25-17)11-24-9-13-3-5-14(6-4-13)18(19(21,22)23)26-31(2,27)28/h3-8,10,16,18,24,26H,9,11-12H2,1-2H3/t16-,18-/m0/s1. The molecule has 7 nitrogen and oxygen atoms in total. The average Bonchev–Trinajstić information content (AvgIpc) is 2.67. The molecule has 0 saturated carbocycles. The molecule has 0 unspecified atom stereocenters. The van der Waals surface area contributed by atoms with Gasteiger partial charge in [0.05, 0.1) is 19.1 Å². The second kappa shape index (κ2) is 10.8. The highest BCUT2D eigenvalue weighted by Gasteiger charge is 2.42. The van der Waals surface area contributed by atoms with Gasteiger partial charge in [0.1, 0.15) is 18.0 Å². The highest BCUT2D eigenvalue weighted by Crippen LogP contribution is 2.33. The predicted octanol–water partition coefficient (Wildman–Crippen LogP) is 2.56. The van der Waals surface area contributed by atoms with Crippen LogP contribution < -0.4 is 14.8 Å². The number of aromatic nitrogens is 1. The van der Waals surface area contributed by atoms with Crippen LogP contribution in [0.4, 0.5) is 17.6 Å². The van der Waals surface area contributed by atoms with Crippen molar-refractivity contribution in [3.05, 3.63) is 59.5 Å². The van der Waals surface area contributed by atoms with Crippen molar-refractivity contribution in [1.82, 2.24) is 15.0 Å². The van der Waals surface area contributed by atoms with Gasteiger partial charge in [0.15, 0.2) is 0 Å². The molecule has 2 N–H and O–H groups in total. The third-order valence-corrected chi connectivity index (χ3v) is 4.68. The van der Waals surface area contributed by atoms with Crippen LogP contribution in [-0.2, 0) is 21.3 Å². The van der Waals surface area contributed by atoms with E-state index in [1.165, 1.54) is 43.5 Å². The summed E-state index contributed by atoms with van der Waals surface area (Å²) in [5.41, 5.74) is 0.463. The van der Waals surface area contributed by atoms with Crippen LogP contribution in [0.2, 0.25) is 0 Å². The molecule has 0 fully saturated rings. The van der Waals surface area contributed by atoms with Crippen molar-refractivity contribution in [3.8, 4) is 5.88 Å². The first-order chi connectivity index (χ1) is 14.5. The Bertz CT molecular complexity index is 923. The molecule has 0 spiro atoms. The van der Waals surface area contributed by atoms with Gasteiger partial charge in [0.2, 0.25) is 15.9 Å². The fourth-order valence-electron chi connectivity index (χ4n) is 2.67. The van der Waals surface area contributed by atoms with E-state index in [9.17, 15) is 26.0 Å². The molecule has 2 aromatic rings. The van der Waals surface area contributed by atoms with Crippen molar-refractivity contribution >= 4 is 10.0 Å². The van der Waals surface area contributed by atoms with Gasteiger partial charge in [-0.3, -0.25) is 0 Å². The second-order valence-corrected chi connectivity index (χ2v) is 8.53. The molecule has 172 valence electrons. The molecule has 1 heterocycles. The number of rotatable bonds is 11. The smallest absolute Gasteiger partial charge is 0.408 e. The summed E-state index contributed by atoms with van der Waals surface area (Å²) >= 11 is 0. The van der Waals surface area contributed by atoms with Gasteiger partial charge in [0.25, 0.3) is 0 Å². The number of benzene rings is 1. The van der Waals surface area contributed by atoms with Gasteiger partial charge in [-0.2, -0.15) is 17.9 Å². The molecule has 0 aliphatic carbocycles. The SMILES string of the molecule is COC[C@H](CNCc1ccc([C@H](NS(C)(=O)=O)C(F)(F)F)cc1)Oc1ccc(F)cn1. The predicted molar refractivity (Wildman–Crippen MR) is 105 cm³/mol. The highest BCUT2D eigenvalue weighted by molar-refractivity contribution is 7.88. The second-order valence-electron chi connectivity index (χ2n) is 6.75. The summed E-state index contributed by atoms with van der Waals surface area (Å²) in [7, 11) is -2.56. The third kappa shape index (κ3) is 8.77. The average molecular weight is 465 g/mol. The molecular formula is C19H23F4N3O4S. The molecule has 2 rings (SSSR count). The van der Waals surface area contributed by atoms with E-state index in [4.69, 9.17) is 9.47 Å². The molecule has 0 amide bonds. The van der Waals surface area contributed by atoms with Crippen LogP contribution in [0.5, 0.6) is 5.88 Å². The largest absolute Gasteiger partial charge is 0.471 e. The summed E-state index contributed by atoms with van der Waals surface area (Å²) in [5, 5.41) is 3.09. The highest BCUT2D eigenvalue weighted by atomic mass is 32.2. The first-order valence-electron chi connectivity index (χ1n) is 9.08. The van der Waals surface area contributed by atoms with Gasteiger partial charge in [-0.1, -0.05) is 24.3 Å². The molecule has 31 heavy (non-hydrogen) atoms. The maximum atomic E-state index is 13.2. The Morgan fingerprint density at radius 3 is 2.32 bits per heavy atom. The maximum absolute atomic E-state index is 13.2. The van der Waals surface area contributed by atoms with Crippen LogP contribution in [0, 0.1) is 5.82 Å². The van der Waals surface area contributed by atoms with Gasteiger partial charge in [-0.05, 0) is 17.2 Å². The number of hydrogen-bond donors (Lipinski definition) is 2. The molecule has 0 aliphatic heterocycles. The van der Waals surface area contributed by atoms with Gasteiger partial charge >= 0.3 is 6.18 Å². The molecule has 1 aromatic carbocycles. The van der Waals surface area contributed by atoms with Crippen LogP contribution in [0.25, 0.3) is 0 Å².